The number of thiazole rings is 1. The van der Waals surface area contributed by atoms with Crippen molar-refractivity contribution >= 4 is 23.1 Å². The summed E-state index contributed by atoms with van der Waals surface area (Å²) in [6.45, 7) is 6.36. The highest BCUT2D eigenvalue weighted by Crippen LogP contribution is 2.22. The fraction of sp³-hybridized carbons (Fsp3) is 0.400. The molecule has 0 aliphatic heterocycles. The molecule has 3 rings (SSSR count). The molecule has 0 unspecified atom stereocenters. The van der Waals surface area contributed by atoms with Crippen LogP contribution in [0, 0.1) is 13.8 Å². The first-order valence-corrected chi connectivity index (χ1v) is 10.2. The number of carbonyl (C=O) groups excluding carboxylic acids is 1. The van der Waals surface area contributed by atoms with Gasteiger partial charge in [-0.1, -0.05) is 25.8 Å². The largest absolute Gasteiger partial charge is 0.310 e. The third kappa shape index (κ3) is 4.80. The molecule has 1 N–H and O–H groups in total. The molecule has 0 aromatic carbocycles. The Kier molecular flexibility index (Phi) is 6.34. The normalized spacial score (nSPS) is 10.9. The van der Waals surface area contributed by atoms with Gasteiger partial charge in [0.25, 0.3) is 0 Å². The highest BCUT2D eigenvalue weighted by Gasteiger charge is 2.16. The summed E-state index contributed by atoms with van der Waals surface area (Å²) >= 11 is 1.51. The fourth-order valence-electron chi connectivity index (χ4n) is 3.04. The van der Waals surface area contributed by atoms with Gasteiger partial charge in [0.05, 0.1) is 17.8 Å². The fourth-order valence-corrected chi connectivity index (χ4v) is 3.86. The summed E-state index contributed by atoms with van der Waals surface area (Å²) in [5, 5.41) is 10.2. The molecule has 0 fully saturated rings. The van der Waals surface area contributed by atoms with E-state index in [0.29, 0.717) is 5.82 Å². The topological polar surface area (TPSA) is 72.7 Å². The van der Waals surface area contributed by atoms with Crippen LogP contribution in [0.2, 0.25) is 0 Å². The Bertz CT molecular complexity index is 900. The minimum absolute atomic E-state index is 0.126. The molecule has 0 saturated heterocycles. The molecule has 0 spiro atoms. The van der Waals surface area contributed by atoms with E-state index in [1.54, 1.807) is 12.3 Å². The molecular weight excluding hydrogens is 358 g/mol. The monoisotopic (exact) mass is 383 g/mol. The molecule has 3 aromatic heterocycles. The summed E-state index contributed by atoms with van der Waals surface area (Å²) in [6.07, 6.45) is 6.55. The predicted octanol–water partition coefficient (Wildman–Crippen LogP) is 4.25. The Morgan fingerprint density at radius 3 is 2.85 bits per heavy atom. The van der Waals surface area contributed by atoms with Crippen molar-refractivity contribution in [3.05, 3.63) is 52.4 Å². The molecule has 0 radical (unpaired) electrons. The maximum absolute atomic E-state index is 12.2. The Balaban J connectivity index is 1.68. The summed E-state index contributed by atoms with van der Waals surface area (Å²) in [6, 6.07) is 5.41. The molecule has 0 aliphatic rings. The Hall–Kier alpha value is -2.54. The average Bonchev–Trinajstić information content (AvgIpc) is 3.21. The third-order valence-corrected chi connectivity index (χ3v) is 5.33. The summed E-state index contributed by atoms with van der Waals surface area (Å²) in [5.41, 5.74) is 4.26. The summed E-state index contributed by atoms with van der Waals surface area (Å²) in [5.74, 6) is 0.424. The number of amides is 1. The van der Waals surface area contributed by atoms with Crippen LogP contribution in [0.1, 0.15) is 48.8 Å². The van der Waals surface area contributed by atoms with Crippen molar-refractivity contribution in [3.8, 4) is 5.13 Å². The van der Waals surface area contributed by atoms with Crippen molar-refractivity contribution in [1.82, 2.24) is 19.7 Å². The standard InChI is InChI=1S/C20H25N5OS/c1-4-5-6-9-17-14(2)24-25(15(17)3)20-22-16(13-27-20)12-19(26)23-18-10-7-8-11-21-18/h7-8,10-11,13H,4-6,9,12H2,1-3H3,(H,21,23,26). The van der Waals surface area contributed by atoms with Crippen molar-refractivity contribution in [2.75, 3.05) is 5.32 Å². The molecule has 0 saturated carbocycles. The molecule has 0 bridgehead atoms. The van der Waals surface area contributed by atoms with Gasteiger partial charge < -0.3 is 5.32 Å². The number of unbranched alkanes of at least 4 members (excludes halogenated alkanes) is 2. The number of nitrogens with zero attached hydrogens (tertiary/aromatic N) is 4. The highest BCUT2D eigenvalue weighted by molar-refractivity contribution is 7.12. The van der Waals surface area contributed by atoms with E-state index in [0.717, 1.165) is 28.6 Å². The summed E-state index contributed by atoms with van der Waals surface area (Å²) in [7, 11) is 0. The van der Waals surface area contributed by atoms with Crippen molar-refractivity contribution in [3.63, 3.8) is 0 Å². The van der Waals surface area contributed by atoms with Crippen molar-refractivity contribution < 1.29 is 4.79 Å². The number of hydrogen-bond donors (Lipinski definition) is 1. The van der Waals surface area contributed by atoms with Gasteiger partial charge in [-0.05, 0) is 44.4 Å². The minimum Gasteiger partial charge on any atom is -0.310 e. The Morgan fingerprint density at radius 2 is 2.11 bits per heavy atom. The zero-order valence-electron chi connectivity index (χ0n) is 16.0. The van der Waals surface area contributed by atoms with Gasteiger partial charge in [0.2, 0.25) is 11.0 Å². The van der Waals surface area contributed by atoms with Gasteiger partial charge in [0.1, 0.15) is 5.82 Å². The first kappa shape index (κ1) is 19.2. The lowest BCUT2D eigenvalue weighted by Crippen LogP contribution is -2.15. The molecule has 27 heavy (non-hydrogen) atoms. The summed E-state index contributed by atoms with van der Waals surface area (Å²) in [4.78, 5) is 20.9. The Morgan fingerprint density at radius 1 is 1.26 bits per heavy atom. The van der Waals surface area contributed by atoms with Crippen LogP contribution in [-0.4, -0.2) is 25.7 Å². The smallest absolute Gasteiger partial charge is 0.231 e. The predicted molar refractivity (Wildman–Crippen MR) is 109 cm³/mol. The van der Waals surface area contributed by atoms with Gasteiger partial charge in [-0.3, -0.25) is 4.79 Å². The lowest BCUT2D eigenvalue weighted by atomic mass is 10.1. The number of hydrogen-bond acceptors (Lipinski definition) is 5. The molecular formula is C20H25N5OS. The van der Waals surface area contributed by atoms with Gasteiger partial charge in [0.15, 0.2) is 0 Å². The first-order chi connectivity index (χ1) is 13.1. The lowest BCUT2D eigenvalue weighted by molar-refractivity contribution is -0.115. The van der Waals surface area contributed by atoms with Crippen LogP contribution >= 0.6 is 11.3 Å². The second-order valence-electron chi connectivity index (χ2n) is 6.58. The molecule has 7 heteroatoms. The van der Waals surface area contributed by atoms with E-state index >= 15 is 0 Å². The molecule has 0 atom stereocenters. The number of nitrogens with one attached hydrogen (secondary N) is 1. The van der Waals surface area contributed by atoms with Gasteiger partial charge >= 0.3 is 0 Å². The first-order valence-electron chi connectivity index (χ1n) is 9.29. The minimum atomic E-state index is -0.126. The van der Waals surface area contributed by atoms with Gasteiger partial charge in [-0.15, -0.1) is 11.3 Å². The van der Waals surface area contributed by atoms with Crippen molar-refractivity contribution in [2.45, 2.75) is 52.9 Å². The zero-order valence-corrected chi connectivity index (χ0v) is 16.8. The molecule has 3 aromatic rings. The SMILES string of the molecule is CCCCCc1c(C)nn(-c2nc(CC(=O)Nc3ccccn3)cs2)c1C. The van der Waals surface area contributed by atoms with Crippen LogP contribution in [0.4, 0.5) is 5.82 Å². The van der Waals surface area contributed by atoms with E-state index < -0.39 is 0 Å². The highest BCUT2D eigenvalue weighted by atomic mass is 32.1. The number of rotatable bonds is 8. The number of pyridine rings is 1. The number of aromatic nitrogens is 4. The van der Waals surface area contributed by atoms with Gasteiger partial charge in [-0.25, -0.2) is 14.6 Å². The van der Waals surface area contributed by atoms with E-state index in [4.69, 9.17) is 0 Å². The van der Waals surface area contributed by atoms with Crippen LogP contribution in [0.15, 0.2) is 29.8 Å². The van der Waals surface area contributed by atoms with Gasteiger partial charge in [-0.2, -0.15) is 5.10 Å². The molecule has 142 valence electrons. The van der Waals surface area contributed by atoms with E-state index in [1.165, 1.54) is 36.2 Å². The lowest BCUT2D eigenvalue weighted by Gasteiger charge is -2.03. The second-order valence-corrected chi connectivity index (χ2v) is 7.42. The van der Waals surface area contributed by atoms with Crippen molar-refractivity contribution in [2.24, 2.45) is 0 Å². The zero-order chi connectivity index (χ0) is 19.2. The van der Waals surface area contributed by atoms with Crippen LogP contribution in [0.5, 0.6) is 0 Å². The van der Waals surface area contributed by atoms with Crippen LogP contribution in [0.25, 0.3) is 5.13 Å². The van der Waals surface area contributed by atoms with Crippen molar-refractivity contribution in [1.29, 1.82) is 0 Å². The average molecular weight is 384 g/mol. The molecule has 3 heterocycles. The maximum atomic E-state index is 12.2. The van der Waals surface area contributed by atoms with E-state index in [9.17, 15) is 4.79 Å². The second kappa shape index (κ2) is 8.90. The summed E-state index contributed by atoms with van der Waals surface area (Å²) < 4.78 is 1.90. The van der Waals surface area contributed by atoms with Crippen LogP contribution in [-0.2, 0) is 17.6 Å². The molecule has 0 aliphatic carbocycles. The van der Waals surface area contributed by atoms with Gasteiger partial charge in [0, 0.05) is 17.3 Å². The number of carbonyl (C=O) groups is 1. The number of anilines is 1. The quantitative estimate of drug-likeness (QED) is 0.590. The van der Waals surface area contributed by atoms with E-state index in [-0.39, 0.29) is 12.3 Å². The number of aryl methyl sites for hydroxylation is 1. The molecule has 6 nitrogen and oxygen atoms in total. The van der Waals surface area contributed by atoms with E-state index in [1.807, 2.05) is 22.2 Å². The Labute approximate surface area is 163 Å². The van der Waals surface area contributed by atoms with Crippen LogP contribution < -0.4 is 5.32 Å². The third-order valence-electron chi connectivity index (χ3n) is 4.47. The molecule has 1 amide bonds. The van der Waals surface area contributed by atoms with E-state index in [2.05, 4.69) is 41.2 Å². The maximum Gasteiger partial charge on any atom is 0.231 e. The van der Waals surface area contributed by atoms with Crippen LogP contribution in [0.3, 0.4) is 0 Å².